The summed E-state index contributed by atoms with van der Waals surface area (Å²) in [5.41, 5.74) is 13.5. The van der Waals surface area contributed by atoms with Crippen molar-refractivity contribution in [3.05, 3.63) is 16.8 Å². The summed E-state index contributed by atoms with van der Waals surface area (Å²) in [6, 6.07) is -0.590. The molecule has 1 amide bonds. The molecule has 1 atom stereocenters. The molecule has 0 saturated carbocycles. The summed E-state index contributed by atoms with van der Waals surface area (Å²) < 4.78 is 5.29. The van der Waals surface area contributed by atoms with E-state index in [-0.39, 0.29) is 11.6 Å². The highest BCUT2D eigenvalue weighted by atomic mass is 32.1. The molecule has 1 aromatic rings. The van der Waals surface area contributed by atoms with E-state index >= 15 is 0 Å². The third-order valence-corrected chi connectivity index (χ3v) is 3.62. The molecule has 1 unspecified atom stereocenters. The summed E-state index contributed by atoms with van der Waals surface area (Å²) in [5, 5.41) is 8.25. The number of hydrogen-bond donors (Lipinski definition) is 2. The van der Waals surface area contributed by atoms with Crippen LogP contribution in [0.15, 0.2) is 0 Å². The fraction of sp³-hybridized carbons (Fsp3) is 0.500. The Hall–Kier alpha value is -1.80. The number of aryl methyl sites for hydroxylation is 1. The first kappa shape index (κ1) is 14.6. The van der Waals surface area contributed by atoms with Crippen LogP contribution >= 0.6 is 12.2 Å². The molecule has 1 fully saturated rings. The summed E-state index contributed by atoms with van der Waals surface area (Å²) in [6.07, 6.45) is 0. The van der Waals surface area contributed by atoms with Crippen molar-refractivity contribution >= 4 is 28.9 Å². The van der Waals surface area contributed by atoms with Crippen LogP contribution in [0.4, 0.5) is 5.82 Å². The van der Waals surface area contributed by atoms with Crippen molar-refractivity contribution in [2.75, 3.05) is 24.7 Å². The highest BCUT2D eigenvalue weighted by Crippen LogP contribution is 2.25. The zero-order chi connectivity index (χ0) is 14.9. The van der Waals surface area contributed by atoms with E-state index in [1.54, 1.807) is 4.90 Å². The molecular formula is C12H17N5O2S. The Morgan fingerprint density at radius 2 is 2.10 bits per heavy atom. The smallest absolute Gasteiger partial charge is 0.242 e. The standard InChI is InChI=1S/C12H17N5O2S/c1-6-7(2)15-16-12(9(6)11(14)20)17-3-4-19-5-8(17)10(13)18/h8H,3-5H2,1-2H3,(H2,13,18)(H2,14,20). The number of primary amides is 1. The number of anilines is 1. The lowest BCUT2D eigenvalue weighted by molar-refractivity contribution is -0.121. The molecule has 8 heteroatoms. The minimum atomic E-state index is -0.590. The Morgan fingerprint density at radius 3 is 2.70 bits per heavy atom. The van der Waals surface area contributed by atoms with Gasteiger partial charge in [-0.3, -0.25) is 4.79 Å². The van der Waals surface area contributed by atoms with Gasteiger partial charge >= 0.3 is 0 Å². The van der Waals surface area contributed by atoms with Gasteiger partial charge in [-0.2, -0.15) is 5.10 Å². The summed E-state index contributed by atoms with van der Waals surface area (Å²) in [5.74, 6) is 0.0197. The monoisotopic (exact) mass is 295 g/mol. The molecule has 1 aliphatic heterocycles. The van der Waals surface area contributed by atoms with Crippen LogP contribution in [0.25, 0.3) is 0 Å². The van der Waals surface area contributed by atoms with Crippen LogP contribution in [0.2, 0.25) is 0 Å². The van der Waals surface area contributed by atoms with E-state index in [0.717, 1.165) is 11.3 Å². The summed E-state index contributed by atoms with van der Waals surface area (Å²) in [6.45, 7) is 4.90. The number of aromatic nitrogens is 2. The number of thiocarbonyl (C=S) groups is 1. The predicted octanol–water partition coefficient (Wildman–Crippen LogP) is -0.582. The zero-order valence-corrected chi connectivity index (χ0v) is 12.2. The van der Waals surface area contributed by atoms with Gasteiger partial charge in [-0.1, -0.05) is 12.2 Å². The Labute approximate surface area is 122 Å². The number of amides is 1. The van der Waals surface area contributed by atoms with Crippen LogP contribution in [0.5, 0.6) is 0 Å². The van der Waals surface area contributed by atoms with Crippen molar-refractivity contribution in [2.24, 2.45) is 11.5 Å². The zero-order valence-electron chi connectivity index (χ0n) is 11.4. The second kappa shape index (κ2) is 5.68. The number of nitrogens with zero attached hydrogens (tertiary/aromatic N) is 3. The lowest BCUT2D eigenvalue weighted by Gasteiger charge is -2.35. The van der Waals surface area contributed by atoms with Crippen LogP contribution in [0, 0.1) is 13.8 Å². The van der Waals surface area contributed by atoms with E-state index in [1.807, 2.05) is 13.8 Å². The van der Waals surface area contributed by atoms with E-state index < -0.39 is 11.9 Å². The van der Waals surface area contributed by atoms with Gasteiger partial charge in [-0.05, 0) is 19.4 Å². The Kier molecular flexibility index (Phi) is 4.15. The highest BCUT2D eigenvalue weighted by molar-refractivity contribution is 7.80. The van der Waals surface area contributed by atoms with Crippen molar-refractivity contribution in [2.45, 2.75) is 19.9 Å². The van der Waals surface area contributed by atoms with E-state index in [0.29, 0.717) is 24.5 Å². The number of carbonyl (C=O) groups excluding carboxylic acids is 1. The Morgan fingerprint density at radius 1 is 1.40 bits per heavy atom. The largest absolute Gasteiger partial charge is 0.389 e. The lowest BCUT2D eigenvalue weighted by Crippen LogP contribution is -2.53. The van der Waals surface area contributed by atoms with Crippen molar-refractivity contribution in [3.63, 3.8) is 0 Å². The van der Waals surface area contributed by atoms with Gasteiger partial charge in [0.25, 0.3) is 0 Å². The van der Waals surface area contributed by atoms with Gasteiger partial charge in [0.05, 0.1) is 24.5 Å². The molecule has 108 valence electrons. The fourth-order valence-electron chi connectivity index (χ4n) is 2.18. The van der Waals surface area contributed by atoms with E-state index in [9.17, 15) is 4.79 Å². The third-order valence-electron chi connectivity index (χ3n) is 3.41. The Balaban J connectivity index is 2.53. The number of carbonyl (C=O) groups is 1. The van der Waals surface area contributed by atoms with Crippen LogP contribution in [-0.2, 0) is 9.53 Å². The number of morpholine rings is 1. The molecule has 0 radical (unpaired) electrons. The summed E-state index contributed by atoms with van der Waals surface area (Å²) in [7, 11) is 0. The summed E-state index contributed by atoms with van der Waals surface area (Å²) >= 11 is 5.11. The van der Waals surface area contributed by atoms with E-state index in [4.69, 9.17) is 28.4 Å². The maximum atomic E-state index is 11.6. The molecule has 4 N–H and O–H groups in total. The number of nitrogens with two attached hydrogens (primary N) is 2. The molecule has 20 heavy (non-hydrogen) atoms. The first-order valence-corrected chi connectivity index (χ1v) is 6.61. The fourth-order valence-corrected chi connectivity index (χ4v) is 2.43. The molecule has 0 aliphatic carbocycles. The topological polar surface area (TPSA) is 107 Å². The molecular weight excluding hydrogens is 278 g/mol. The molecule has 2 heterocycles. The minimum Gasteiger partial charge on any atom is -0.389 e. The normalized spacial score (nSPS) is 18.9. The molecule has 7 nitrogen and oxygen atoms in total. The predicted molar refractivity (Wildman–Crippen MR) is 78.5 cm³/mol. The molecule has 1 aromatic heterocycles. The second-order valence-corrected chi connectivity index (χ2v) is 5.10. The average molecular weight is 295 g/mol. The van der Waals surface area contributed by atoms with E-state index in [2.05, 4.69) is 10.2 Å². The highest BCUT2D eigenvalue weighted by Gasteiger charge is 2.31. The number of rotatable bonds is 3. The van der Waals surface area contributed by atoms with Gasteiger partial charge in [0.1, 0.15) is 11.0 Å². The average Bonchev–Trinajstić information content (AvgIpc) is 2.41. The first-order valence-electron chi connectivity index (χ1n) is 6.21. The molecule has 0 aromatic carbocycles. The molecule has 2 rings (SSSR count). The second-order valence-electron chi connectivity index (χ2n) is 4.66. The maximum absolute atomic E-state index is 11.6. The minimum absolute atomic E-state index is 0.223. The molecule has 0 spiro atoms. The number of ether oxygens (including phenoxy) is 1. The molecule has 0 bridgehead atoms. The Bertz CT molecular complexity index is 563. The van der Waals surface area contributed by atoms with Crippen molar-refractivity contribution in [1.29, 1.82) is 0 Å². The SMILES string of the molecule is Cc1nnc(N2CCOCC2C(N)=O)c(C(N)=S)c1C. The van der Waals surface area contributed by atoms with Crippen LogP contribution in [-0.4, -0.2) is 46.9 Å². The number of hydrogen-bond acceptors (Lipinski definition) is 6. The lowest BCUT2D eigenvalue weighted by atomic mass is 10.1. The quantitative estimate of drug-likeness (QED) is 0.718. The molecule has 1 aliphatic rings. The van der Waals surface area contributed by atoms with Crippen molar-refractivity contribution < 1.29 is 9.53 Å². The van der Waals surface area contributed by atoms with Gasteiger partial charge in [0.15, 0.2) is 5.82 Å². The van der Waals surface area contributed by atoms with Crippen LogP contribution in [0.3, 0.4) is 0 Å². The van der Waals surface area contributed by atoms with Crippen molar-refractivity contribution in [3.8, 4) is 0 Å². The van der Waals surface area contributed by atoms with E-state index in [1.165, 1.54) is 0 Å². The van der Waals surface area contributed by atoms with Gasteiger partial charge < -0.3 is 21.1 Å². The van der Waals surface area contributed by atoms with Gasteiger partial charge in [-0.15, -0.1) is 5.10 Å². The third kappa shape index (κ3) is 2.56. The summed E-state index contributed by atoms with van der Waals surface area (Å²) in [4.78, 5) is 13.6. The van der Waals surface area contributed by atoms with Crippen LogP contribution in [0.1, 0.15) is 16.8 Å². The maximum Gasteiger partial charge on any atom is 0.242 e. The van der Waals surface area contributed by atoms with Crippen LogP contribution < -0.4 is 16.4 Å². The molecule has 1 saturated heterocycles. The first-order chi connectivity index (χ1) is 9.43. The van der Waals surface area contributed by atoms with Gasteiger partial charge in [0, 0.05) is 6.54 Å². The van der Waals surface area contributed by atoms with Gasteiger partial charge in [-0.25, -0.2) is 0 Å². The van der Waals surface area contributed by atoms with Crippen molar-refractivity contribution in [1.82, 2.24) is 10.2 Å². The van der Waals surface area contributed by atoms with Gasteiger partial charge in [0.2, 0.25) is 5.91 Å².